The number of methoxy groups -OCH3 is 1. The average Bonchev–Trinajstić information content (AvgIpc) is 2.86. The van der Waals surface area contributed by atoms with E-state index in [2.05, 4.69) is 36.5 Å². The van der Waals surface area contributed by atoms with Crippen molar-refractivity contribution in [1.29, 1.82) is 0 Å². The van der Waals surface area contributed by atoms with Crippen LogP contribution in [0.1, 0.15) is 43.7 Å². The second-order valence-corrected chi connectivity index (χ2v) is 5.94. The van der Waals surface area contributed by atoms with E-state index in [4.69, 9.17) is 4.74 Å². The Morgan fingerprint density at radius 2 is 2.00 bits per heavy atom. The van der Waals surface area contributed by atoms with Crippen LogP contribution in [0.25, 0.3) is 0 Å². The van der Waals surface area contributed by atoms with Crippen LogP contribution in [0, 0.1) is 0 Å². The fourth-order valence-corrected chi connectivity index (χ4v) is 2.14. The van der Waals surface area contributed by atoms with E-state index in [-0.39, 0.29) is 23.9 Å². The summed E-state index contributed by atoms with van der Waals surface area (Å²) >= 11 is 0. The van der Waals surface area contributed by atoms with E-state index in [0.29, 0.717) is 18.7 Å². The van der Waals surface area contributed by atoms with Crippen LogP contribution in [0.5, 0.6) is 0 Å². The van der Waals surface area contributed by atoms with E-state index in [1.54, 1.807) is 13.3 Å². The maximum absolute atomic E-state index is 12.2. The van der Waals surface area contributed by atoms with Gasteiger partial charge in [0.15, 0.2) is 0 Å². The van der Waals surface area contributed by atoms with Crippen molar-refractivity contribution in [1.82, 2.24) is 20.4 Å². The molecule has 0 radical (unpaired) electrons. The van der Waals surface area contributed by atoms with Gasteiger partial charge in [-0.05, 0) is 27.2 Å². The van der Waals surface area contributed by atoms with Gasteiger partial charge in [0, 0.05) is 26.7 Å². The zero-order chi connectivity index (χ0) is 15.9. The molecule has 1 amide bonds. The molecule has 0 fully saturated rings. The van der Waals surface area contributed by atoms with Crippen molar-refractivity contribution in [3.63, 3.8) is 0 Å². The molecule has 0 saturated heterocycles. The second kappa shape index (κ2) is 9.82. The third-order valence-corrected chi connectivity index (χ3v) is 3.15. The van der Waals surface area contributed by atoms with E-state index < -0.39 is 0 Å². The minimum Gasteiger partial charge on any atom is -0.383 e. The summed E-state index contributed by atoms with van der Waals surface area (Å²) in [6.45, 7) is 11.1. The van der Waals surface area contributed by atoms with Gasteiger partial charge in [-0.2, -0.15) is 5.10 Å². The number of hydrogen-bond acceptors (Lipinski definition) is 4. The number of nitrogens with one attached hydrogen (secondary N) is 2. The van der Waals surface area contributed by atoms with E-state index in [1.807, 2.05) is 11.6 Å². The highest BCUT2D eigenvalue weighted by molar-refractivity contribution is 5.95. The molecule has 0 aliphatic carbocycles. The molecule has 0 spiro atoms. The molecule has 1 rings (SSSR count). The van der Waals surface area contributed by atoms with Crippen LogP contribution in [-0.4, -0.2) is 49.0 Å². The van der Waals surface area contributed by atoms with Crippen LogP contribution < -0.4 is 10.6 Å². The minimum absolute atomic E-state index is 0. The summed E-state index contributed by atoms with van der Waals surface area (Å²) in [5.41, 5.74) is 1.53. The van der Waals surface area contributed by atoms with Crippen molar-refractivity contribution in [3.8, 4) is 0 Å². The smallest absolute Gasteiger partial charge is 0.254 e. The number of rotatable bonds is 8. The van der Waals surface area contributed by atoms with Crippen molar-refractivity contribution in [2.75, 3.05) is 33.4 Å². The lowest BCUT2D eigenvalue weighted by molar-refractivity contribution is 0.0952. The molecule has 0 bridgehead atoms. The van der Waals surface area contributed by atoms with Crippen LogP contribution in [0.2, 0.25) is 0 Å². The molecule has 0 atom stereocenters. The molecule has 0 unspecified atom stereocenters. The van der Waals surface area contributed by atoms with Crippen LogP contribution in [-0.2, 0) is 16.7 Å². The lowest BCUT2D eigenvalue weighted by atomic mass is 10.1. The molecule has 22 heavy (non-hydrogen) atoms. The van der Waals surface area contributed by atoms with Crippen molar-refractivity contribution in [2.24, 2.45) is 0 Å². The fourth-order valence-electron chi connectivity index (χ4n) is 2.14. The lowest BCUT2D eigenvalue weighted by Gasteiger charge is -2.22. The van der Waals surface area contributed by atoms with Gasteiger partial charge in [-0.1, -0.05) is 6.92 Å². The SMILES string of the molecule is CCc1c(C(=O)NCCNCCOC)cnn1C(C)(C)C.Cl. The largest absolute Gasteiger partial charge is 0.383 e. The molecular formula is C15H29ClN4O2. The molecule has 128 valence electrons. The highest BCUT2D eigenvalue weighted by atomic mass is 35.5. The predicted molar refractivity (Wildman–Crippen MR) is 90.9 cm³/mol. The summed E-state index contributed by atoms with van der Waals surface area (Å²) in [5, 5.41) is 10.5. The Balaban J connectivity index is 0.00000441. The first kappa shape index (κ1) is 20.9. The predicted octanol–water partition coefficient (Wildman–Crippen LogP) is 1.59. The summed E-state index contributed by atoms with van der Waals surface area (Å²) in [4.78, 5) is 12.2. The normalized spacial score (nSPS) is 11.1. The van der Waals surface area contributed by atoms with Crippen molar-refractivity contribution >= 4 is 18.3 Å². The molecule has 6 nitrogen and oxygen atoms in total. The quantitative estimate of drug-likeness (QED) is 0.709. The van der Waals surface area contributed by atoms with E-state index in [9.17, 15) is 4.79 Å². The summed E-state index contributed by atoms with van der Waals surface area (Å²) in [6.07, 6.45) is 2.45. The molecule has 0 saturated carbocycles. The van der Waals surface area contributed by atoms with Crippen LogP contribution in [0.4, 0.5) is 0 Å². The molecule has 0 aliphatic rings. The first-order chi connectivity index (χ1) is 9.91. The average molecular weight is 333 g/mol. The number of nitrogens with zero attached hydrogens (tertiary/aromatic N) is 2. The highest BCUT2D eigenvalue weighted by Gasteiger charge is 2.22. The zero-order valence-corrected chi connectivity index (χ0v) is 15.0. The number of halogens is 1. The Hall–Kier alpha value is -1.11. The highest BCUT2D eigenvalue weighted by Crippen LogP contribution is 2.19. The number of aromatic nitrogens is 2. The van der Waals surface area contributed by atoms with Crippen molar-refractivity contribution < 1.29 is 9.53 Å². The third kappa shape index (κ3) is 5.94. The fraction of sp³-hybridized carbons (Fsp3) is 0.733. The summed E-state index contributed by atoms with van der Waals surface area (Å²) < 4.78 is 6.87. The Morgan fingerprint density at radius 1 is 1.32 bits per heavy atom. The Bertz CT molecular complexity index is 455. The molecule has 0 aliphatic heterocycles. The van der Waals surface area contributed by atoms with Crippen LogP contribution >= 0.6 is 12.4 Å². The van der Waals surface area contributed by atoms with Gasteiger partial charge in [-0.15, -0.1) is 12.4 Å². The molecule has 0 aromatic carbocycles. The topological polar surface area (TPSA) is 68.2 Å². The van der Waals surface area contributed by atoms with Crippen LogP contribution in [0.3, 0.4) is 0 Å². The number of carbonyl (C=O) groups is 1. The van der Waals surface area contributed by atoms with Crippen molar-refractivity contribution in [3.05, 3.63) is 17.5 Å². The lowest BCUT2D eigenvalue weighted by Crippen LogP contribution is -2.33. The second-order valence-electron chi connectivity index (χ2n) is 5.94. The third-order valence-electron chi connectivity index (χ3n) is 3.15. The van der Waals surface area contributed by atoms with Gasteiger partial charge in [0.2, 0.25) is 0 Å². The van der Waals surface area contributed by atoms with E-state index >= 15 is 0 Å². The molecular weight excluding hydrogens is 304 g/mol. The molecule has 1 aromatic rings. The van der Waals surface area contributed by atoms with Gasteiger partial charge in [-0.25, -0.2) is 0 Å². The monoisotopic (exact) mass is 332 g/mol. The Morgan fingerprint density at radius 3 is 2.55 bits per heavy atom. The molecule has 2 N–H and O–H groups in total. The van der Waals surface area contributed by atoms with Gasteiger partial charge in [0.05, 0.1) is 29.6 Å². The van der Waals surface area contributed by atoms with E-state index in [1.165, 1.54) is 0 Å². The Labute approximate surface area is 139 Å². The number of hydrogen-bond donors (Lipinski definition) is 2. The minimum atomic E-state index is -0.119. The molecule has 1 heterocycles. The summed E-state index contributed by atoms with van der Waals surface area (Å²) in [6, 6.07) is 0. The van der Waals surface area contributed by atoms with Gasteiger partial charge in [-0.3, -0.25) is 9.48 Å². The van der Waals surface area contributed by atoms with Gasteiger partial charge >= 0.3 is 0 Å². The Kier molecular flexibility index (Phi) is 9.32. The molecule has 1 aromatic heterocycles. The van der Waals surface area contributed by atoms with Gasteiger partial charge < -0.3 is 15.4 Å². The summed E-state index contributed by atoms with van der Waals surface area (Å²) in [5.74, 6) is -0.0594. The maximum atomic E-state index is 12.2. The summed E-state index contributed by atoms with van der Waals surface area (Å²) in [7, 11) is 1.67. The van der Waals surface area contributed by atoms with E-state index in [0.717, 1.165) is 25.2 Å². The zero-order valence-electron chi connectivity index (χ0n) is 14.2. The number of ether oxygens (including phenoxy) is 1. The van der Waals surface area contributed by atoms with Gasteiger partial charge in [0.25, 0.3) is 5.91 Å². The first-order valence-corrected chi connectivity index (χ1v) is 7.47. The maximum Gasteiger partial charge on any atom is 0.254 e. The van der Waals surface area contributed by atoms with Crippen molar-refractivity contribution in [2.45, 2.75) is 39.7 Å². The standard InChI is InChI=1S/C15H28N4O2.ClH/c1-6-13-12(11-18-19(13)15(2,3)4)14(20)17-8-7-16-9-10-21-5;/h11,16H,6-10H2,1-5H3,(H,17,20);1H. The first-order valence-electron chi connectivity index (χ1n) is 7.47. The molecule has 7 heteroatoms. The van der Waals surface area contributed by atoms with Gasteiger partial charge in [0.1, 0.15) is 0 Å². The van der Waals surface area contributed by atoms with Crippen LogP contribution in [0.15, 0.2) is 6.20 Å². The number of amides is 1. The number of carbonyl (C=O) groups excluding carboxylic acids is 1.